The zero-order chi connectivity index (χ0) is 12.3. The number of nitrogens with zero attached hydrogens (tertiary/aromatic N) is 1. The summed E-state index contributed by atoms with van der Waals surface area (Å²) >= 11 is 0. The minimum Gasteiger partial charge on any atom is -0.478 e. The Morgan fingerprint density at radius 2 is 2.12 bits per heavy atom. The maximum atomic E-state index is 10.5. The average molecular weight is 223 g/mol. The minimum absolute atomic E-state index is 0.126. The normalized spacial score (nSPS) is 11.8. The highest BCUT2D eigenvalue weighted by Gasteiger charge is 2.19. The molecule has 2 N–H and O–H groups in total. The van der Waals surface area contributed by atoms with Gasteiger partial charge in [-0.2, -0.15) is 0 Å². The minimum atomic E-state index is -1.45. The number of carboxylic acids is 1. The number of aliphatic carboxylic acids is 1. The van der Waals surface area contributed by atoms with Crippen LogP contribution in [0.25, 0.3) is 0 Å². The van der Waals surface area contributed by atoms with Crippen molar-refractivity contribution in [2.45, 2.75) is 6.10 Å². The first-order chi connectivity index (χ1) is 7.43. The van der Waals surface area contributed by atoms with Gasteiger partial charge in [-0.3, -0.25) is 10.1 Å². The summed E-state index contributed by atoms with van der Waals surface area (Å²) in [6, 6.07) is 5.12. The molecule has 0 amide bonds. The fraction of sp³-hybridized carbons (Fsp3) is 0.100. The van der Waals surface area contributed by atoms with Crippen LogP contribution in [0.3, 0.4) is 0 Å². The van der Waals surface area contributed by atoms with Gasteiger partial charge in [0.05, 0.1) is 10.5 Å². The number of nitro groups is 1. The van der Waals surface area contributed by atoms with E-state index < -0.39 is 22.6 Å². The van der Waals surface area contributed by atoms with Crippen molar-refractivity contribution in [2.75, 3.05) is 0 Å². The van der Waals surface area contributed by atoms with Gasteiger partial charge < -0.3 is 10.2 Å². The number of rotatable bonds is 4. The highest BCUT2D eigenvalue weighted by molar-refractivity contribution is 5.87. The van der Waals surface area contributed by atoms with E-state index in [1.807, 2.05) is 0 Å². The fourth-order valence-corrected chi connectivity index (χ4v) is 1.13. The number of aliphatic hydroxyl groups excluding tert-OH is 1. The Labute approximate surface area is 90.6 Å². The average Bonchev–Trinajstić information content (AvgIpc) is 2.27. The predicted octanol–water partition coefficient (Wildman–Crippen LogP) is 1.27. The second kappa shape index (κ2) is 4.54. The molecule has 0 aliphatic rings. The molecule has 0 spiro atoms. The molecule has 0 heterocycles. The molecule has 0 aliphatic heterocycles. The Bertz CT molecular complexity index is 454. The molecular formula is C10H9NO5. The van der Waals surface area contributed by atoms with Gasteiger partial charge in [-0.15, -0.1) is 0 Å². The molecule has 1 aromatic carbocycles. The van der Waals surface area contributed by atoms with Crippen LogP contribution in [0.2, 0.25) is 0 Å². The zero-order valence-electron chi connectivity index (χ0n) is 8.16. The SMILES string of the molecule is C=C(C(=O)O)[C@H](O)c1cccc([N+](=O)[O-])c1. The molecule has 0 aliphatic carbocycles. The number of hydrogen-bond donors (Lipinski definition) is 2. The summed E-state index contributed by atoms with van der Waals surface area (Å²) in [5.41, 5.74) is -0.517. The van der Waals surface area contributed by atoms with E-state index in [9.17, 15) is 20.0 Å². The van der Waals surface area contributed by atoms with Crippen molar-refractivity contribution < 1.29 is 19.9 Å². The highest BCUT2D eigenvalue weighted by atomic mass is 16.6. The second-order valence-electron chi connectivity index (χ2n) is 3.09. The largest absolute Gasteiger partial charge is 0.478 e. The van der Waals surface area contributed by atoms with Gasteiger partial charge in [-0.05, 0) is 5.56 Å². The quantitative estimate of drug-likeness (QED) is 0.454. The summed E-state index contributed by atoms with van der Waals surface area (Å²) in [7, 11) is 0. The zero-order valence-corrected chi connectivity index (χ0v) is 8.16. The Hall–Kier alpha value is -2.21. The Balaban J connectivity index is 3.05. The van der Waals surface area contributed by atoms with Crippen LogP contribution in [0.1, 0.15) is 11.7 Å². The Morgan fingerprint density at radius 3 is 2.62 bits per heavy atom. The molecule has 0 saturated heterocycles. The molecule has 16 heavy (non-hydrogen) atoms. The molecule has 0 saturated carbocycles. The van der Waals surface area contributed by atoms with E-state index >= 15 is 0 Å². The molecule has 1 aromatic rings. The first-order valence-electron chi connectivity index (χ1n) is 4.28. The van der Waals surface area contributed by atoms with Crippen molar-refractivity contribution in [3.05, 3.63) is 52.1 Å². The van der Waals surface area contributed by atoms with Crippen LogP contribution in [0.4, 0.5) is 5.69 Å². The monoisotopic (exact) mass is 223 g/mol. The van der Waals surface area contributed by atoms with Gasteiger partial charge >= 0.3 is 5.97 Å². The third-order valence-electron chi connectivity index (χ3n) is 2.00. The number of aliphatic hydroxyl groups is 1. The second-order valence-corrected chi connectivity index (χ2v) is 3.09. The molecule has 6 nitrogen and oxygen atoms in total. The van der Waals surface area contributed by atoms with Crippen LogP contribution in [0, 0.1) is 10.1 Å². The van der Waals surface area contributed by atoms with Gasteiger partial charge in [-0.25, -0.2) is 4.79 Å². The van der Waals surface area contributed by atoms with Gasteiger partial charge in [0.1, 0.15) is 6.10 Å². The van der Waals surface area contributed by atoms with E-state index in [0.717, 1.165) is 6.07 Å². The number of nitro benzene ring substituents is 1. The van der Waals surface area contributed by atoms with E-state index in [1.54, 1.807) is 0 Å². The lowest BCUT2D eigenvalue weighted by molar-refractivity contribution is -0.385. The summed E-state index contributed by atoms with van der Waals surface area (Å²) in [5, 5.41) is 28.6. The predicted molar refractivity (Wildman–Crippen MR) is 54.8 cm³/mol. The molecule has 0 radical (unpaired) electrons. The maximum Gasteiger partial charge on any atom is 0.333 e. The molecular weight excluding hydrogens is 214 g/mol. The third-order valence-corrected chi connectivity index (χ3v) is 2.00. The van der Waals surface area contributed by atoms with Crippen LogP contribution >= 0.6 is 0 Å². The van der Waals surface area contributed by atoms with Crippen molar-refractivity contribution in [3.63, 3.8) is 0 Å². The summed E-state index contributed by atoms with van der Waals surface area (Å²) in [4.78, 5) is 20.4. The topological polar surface area (TPSA) is 101 Å². The van der Waals surface area contributed by atoms with Crippen LogP contribution in [-0.4, -0.2) is 21.1 Å². The smallest absolute Gasteiger partial charge is 0.333 e. The molecule has 84 valence electrons. The molecule has 0 fully saturated rings. The Morgan fingerprint density at radius 1 is 1.50 bits per heavy atom. The summed E-state index contributed by atoms with van der Waals surface area (Å²) in [6.07, 6.45) is -1.45. The summed E-state index contributed by atoms with van der Waals surface area (Å²) in [5.74, 6) is -1.35. The number of carbonyl (C=O) groups is 1. The first kappa shape index (κ1) is 11.9. The van der Waals surface area contributed by atoms with Crippen molar-refractivity contribution in [2.24, 2.45) is 0 Å². The van der Waals surface area contributed by atoms with Crippen LogP contribution in [0.5, 0.6) is 0 Å². The van der Waals surface area contributed by atoms with Crippen LogP contribution < -0.4 is 0 Å². The lowest BCUT2D eigenvalue weighted by Crippen LogP contribution is -2.09. The standard InChI is InChI=1S/C10H9NO5/c1-6(10(13)14)9(12)7-3-2-4-8(5-7)11(15)16/h2-5,9,12H,1H2,(H,13,14)/t9-/m0/s1. The molecule has 0 bridgehead atoms. The van der Waals surface area contributed by atoms with Gasteiger partial charge in [-0.1, -0.05) is 18.7 Å². The van der Waals surface area contributed by atoms with Crippen molar-refractivity contribution in [1.82, 2.24) is 0 Å². The number of carboxylic acid groups (broad SMARTS) is 1. The number of benzene rings is 1. The van der Waals surface area contributed by atoms with Crippen LogP contribution in [-0.2, 0) is 4.79 Å². The van der Waals surface area contributed by atoms with E-state index in [-0.39, 0.29) is 11.3 Å². The van der Waals surface area contributed by atoms with Gasteiger partial charge in [0, 0.05) is 12.1 Å². The van der Waals surface area contributed by atoms with E-state index in [4.69, 9.17) is 5.11 Å². The molecule has 1 atom stereocenters. The summed E-state index contributed by atoms with van der Waals surface area (Å²) < 4.78 is 0. The van der Waals surface area contributed by atoms with Crippen LogP contribution in [0.15, 0.2) is 36.4 Å². The third kappa shape index (κ3) is 2.43. The van der Waals surface area contributed by atoms with Gasteiger partial charge in [0.2, 0.25) is 0 Å². The molecule has 0 aromatic heterocycles. The summed E-state index contributed by atoms with van der Waals surface area (Å²) in [6.45, 7) is 3.19. The van der Waals surface area contributed by atoms with Gasteiger partial charge in [0.15, 0.2) is 0 Å². The number of non-ortho nitro benzene ring substituents is 1. The van der Waals surface area contributed by atoms with E-state index in [0.29, 0.717) is 0 Å². The van der Waals surface area contributed by atoms with Crippen molar-refractivity contribution >= 4 is 11.7 Å². The first-order valence-corrected chi connectivity index (χ1v) is 4.28. The van der Waals surface area contributed by atoms with E-state index in [1.165, 1.54) is 18.2 Å². The highest BCUT2D eigenvalue weighted by Crippen LogP contribution is 2.23. The molecule has 1 rings (SSSR count). The van der Waals surface area contributed by atoms with E-state index in [2.05, 4.69) is 6.58 Å². The van der Waals surface area contributed by atoms with Crippen molar-refractivity contribution in [1.29, 1.82) is 0 Å². The molecule has 0 unspecified atom stereocenters. The Kier molecular flexibility index (Phi) is 3.37. The van der Waals surface area contributed by atoms with Crippen molar-refractivity contribution in [3.8, 4) is 0 Å². The van der Waals surface area contributed by atoms with Gasteiger partial charge in [0.25, 0.3) is 5.69 Å². The fourth-order valence-electron chi connectivity index (χ4n) is 1.13. The number of hydrogen-bond acceptors (Lipinski definition) is 4. The lowest BCUT2D eigenvalue weighted by atomic mass is 10.0. The molecule has 6 heteroatoms. The lowest BCUT2D eigenvalue weighted by Gasteiger charge is -2.09. The maximum absolute atomic E-state index is 10.5.